The van der Waals surface area contributed by atoms with Crippen LogP contribution in [0.1, 0.15) is 77.6 Å². The van der Waals surface area contributed by atoms with Gasteiger partial charge in [-0.1, -0.05) is 51.0 Å². The Morgan fingerprint density at radius 2 is 1.67 bits per heavy atom. The molecule has 3 nitrogen and oxygen atoms in total. The molecule has 0 saturated heterocycles. The number of unbranched alkanes of at least 4 members (excludes halogenated alkanes) is 9. The van der Waals surface area contributed by atoms with Crippen molar-refractivity contribution in [2.75, 3.05) is 13.1 Å². The lowest BCUT2D eigenvalue weighted by Gasteiger charge is -2.23. The van der Waals surface area contributed by atoms with Crippen LogP contribution < -0.4 is 0 Å². The van der Waals surface area contributed by atoms with Crippen molar-refractivity contribution in [2.24, 2.45) is 4.99 Å². The summed E-state index contributed by atoms with van der Waals surface area (Å²) in [6.45, 7) is 7.32. The fourth-order valence-electron chi connectivity index (χ4n) is 2.94. The number of nitrogens with zero attached hydrogens (tertiary/aromatic N) is 2. The molecule has 3 heteroatoms. The molecule has 1 unspecified atom stereocenters. The smallest absolute Gasteiger partial charge is 0.125 e. The van der Waals surface area contributed by atoms with Crippen molar-refractivity contribution in [3.8, 4) is 0 Å². The van der Waals surface area contributed by atoms with E-state index in [4.69, 9.17) is 0 Å². The zero-order valence-electron chi connectivity index (χ0n) is 13.9. The van der Waals surface area contributed by atoms with Gasteiger partial charge >= 0.3 is 0 Å². The fourth-order valence-corrected chi connectivity index (χ4v) is 2.94. The van der Waals surface area contributed by atoms with Gasteiger partial charge in [-0.2, -0.15) is 0 Å². The molecule has 0 aliphatic carbocycles. The highest BCUT2D eigenvalue weighted by Crippen LogP contribution is 2.14. The van der Waals surface area contributed by atoms with Gasteiger partial charge in [0.25, 0.3) is 0 Å². The average Bonchev–Trinajstić information content (AvgIpc) is 2.93. The first kappa shape index (κ1) is 18.2. The first-order valence-electron chi connectivity index (χ1n) is 8.84. The van der Waals surface area contributed by atoms with Gasteiger partial charge in [0.05, 0.1) is 6.54 Å². The molecule has 1 heterocycles. The van der Waals surface area contributed by atoms with Gasteiger partial charge in [0.1, 0.15) is 12.1 Å². The van der Waals surface area contributed by atoms with Crippen LogP contribution in [0.15, 0.2) is 17.6 Å². The van der Waals surface area contributed by atoms with Crippen LogP contribution in [-0.4, -0.2) is 35.2 Å². The maximum absolute atomic E-state index is 9.64. The minimum atomic E-state index is -0.382. The summed E-state index contributed by atoms with van der Waals surface area (Å²) in [6.07, 6.45) is 15.9. The molecule has 0 bridgehead atoms. The van der Waals surface area contributed by atoms with Gasteiger partial charge in [-0.25, -0.2) is 0 Å². The Morgan fingerprint density at radius 1 is 1.10 bits per heavy atom. The monoisotopic (exact) mass is 294 g/mol. The SMILES string of the molecule is C=CCCCCCCCCCCCC1=NCCN1C(C)O. The van der Waals surface area contributed by atoms with Gasteiger partial charge in [0, 0.05) is 13.0 Å². The molecular weight excluding hydrogens is 260 g/mol. The second-order valence-electron chi connectivity index (χ2n) is 6.13. The molecule has 0 radical (unpaired) electrons. The van der Waals surface area contributed by atoms with E-state index in [9.17, 15) is 5.11 Å². The Labute approximate surface area is 131 Å². The normalized spacial score (nSPS) is 16.1. The lowest BCUT2D eigenvalue weighted by Crippen LogP contribution is -2.35. The number of allylic oxidation sites excluding steroid dienone is 1. The van der Waals surface area contributed by atoms with Crippen LogP contribution in [0, 0.1) is 0 Å². The van der Waals surface area contributed by atoms with Crippen LogP contribution in [0.25, 0.3) is 0 Å². The molecule has 0 saturated carbocycles. The largest absolute Gasteiger partial charge is 0.374 e. The van der Waals surface area contributed by atoms with Crippen LogP contribution in [0.5, 0.6) is 0 Å². The van der Waals surface area contributed by atoms with Crippen LogP contribution in [0.2, 0.25) is 0 Å². The third-order valence-corrected chi connectivity index (χ3v) is 4.23. The molecule has 0 aromatic rings. The lowest BCUT2D eigenvalue weighted by molar-refractivity contribution is 0.0766. The van der Waals surface area contributed by atoms with Gasteiger partial charge in [0.15, 0.2) is 0 Å². The third kappa shape index (κ3) is 8.25. The van der Waals surface area contributed by atoms with Crippen LogP contribution in [-0.2, 0) is 0 Å². The molecule has 0 spiro atoms. The first-order chi connectivity index (χ1) is 10.3. The van der Waals surface area contributed by atoms with Crippen LogP contribution in [0.4, 0.5) is 0 Å². The van der Waals surface area contributed by atoms with Crippen molar-refractivity contribution >= 4 is 5.84 Å². The number of aliphatic hydroxyl groups is 1. The molecule has 1 rings (SSSR count). The molecule has 0 aromatic carbocycles. The molecule has 0 fully saturated rings. The Morgan fingerprint density at radius 3 is 2.24 bits per heavy atom. The maximum atomic E-state index is 9.64. The maximum Gasteiger partial charge on any atom is 0.125 e. The predicted molar refractivity (Wildman–Crippen MR) is 91.7 cm³/mol. The molecule has 1 atom stereocenters. The minimum absolute atomic E-state index is 0.382. The number of hydrogen-bond donors (Lipinski definition) is 1. The predicted octanol–water partition coefficient (Wildman–Crippen LogP) is 4.52. The number of rotatable bonds is 13. The van der Waals surface area contributed by atoms with Crippen LogP contribution in [0.3, 0.4) is 0 Å². The van der Waals surface area contributed by atoms with Crippen molar-refractivity contribution < 1.29 is 5.11 Å². The van der Waals surface area contributed by atoms with Gasteiger partial charge in [0.2, 0.25) is 0 Å². The van der Waals surface area contributed by atoms with E-state index in [0.717, 1.165) is 25.3 Å². The Balaban J connectivity index is 1.88. The summed E-state index contributed by atoms with van der Waals surface area (Å²) in [5.41, 5.74) is 0. The van der Waals surface area contributed by atoms with E-state index < -0.39 is 0 Å². The highest BCUT2D eigenvalue weighted by Gasteiger charge is 2.19. The fraction of sp³-hybridized carbons (Fsp3) is 0.833. The summed E-state index contributed by atoms with van der Waals surface area (Å²) in [6, 6.07) is 0. The summed E-state index contributed by atoms with van der Waals surface area (Å²) in [7, 11) is 0. The molecule has 1 aliphatic heterocycles. The molecule has 0 aromatic heterocycles. The van der Waals surface area contributed by atoms with Crippen molar-refractivity contribution in [3.63, 3.8) is 0 Å². The van der Waals surface area contributed by atoms with Gasteiger partial charge in [-0.05, 0) is 26.2 Å². The highest BCUT2D eigenvalue weighted by molar-refractivity contribution is 5.83. The summed E-state index contributed by atoms with van der Waals surface area (Å²) in [5, 5.41) is 9.64. The summed E-state index contributed by atoms with van der Waals surface area (Å²) < 4.78 is 0. The molecule has 1 N–H and O–H groups in total. The quantitative estimate of drug-likeness (QED) is 0.400. The molecule has 0 amide bonds. The van der Waals surface area contributed by atoms with Crippen molar-refractivity contribution in [1.82, 2.24) is 4.90 Å². The molecule has 122 valence electrons. The molecular formula is C18H34N2O. The van der Waals surface area contributed by atoms with E-state index in [1.807, 2.05) is 17.9 Å². The number of aliphatic imine (C=N–C) groups is 1. The third-order valence-electron chi connectivity index (χ3n) is 4.23. The number of amidine groups is 1. The van der Waals surface area contributed by atoms with Crippen molar-refractivity contribution in [2.45, 2.75) is 83.8 Å². The first-order valence-corrected chi connectivity index (χ1v) is 8.84. The van der Waals surface area contributed by atoms with Gasteiger partial charge < -0.3 is 10.0 Å². The second-order valence-corrected chi connectivity index (χ2v) is 6.13. The van der Waals surface area contributed by atoms with Gasteiger partial charge in [-0.15, -0.1) is 6.58 Å². The summed E-state index contributed by atoms with van der Waals surface area (Å²) in [5.74, 6) is 1.12. The zero-order valence-corrected chi connectivity index (χ0v) is 13.9. The number of aliphatic hydroxyl groups excluding tert-OH is 1. The standard InChI is InChI=1S/C18H34N2O/c1-3-4-5-6-7-8-9-10-11-12-13-14-18-19-15-16-20(18)17(2)21/h3,17,21H,1,4-16H2,2H3. The van der Waals surface area contributed by atoms with Crippen molar-refractivity contribution in [3.05, 3.63) is 12.7 Å². The Kier molecular flexibility index (Phi) is 10.2. The highest BCUT2D eigenvalue weighted by atomic mass is 16.3. The van der Waals surface area contributed by atoms with E-state index in [2.05, 4.69) is 11.6 Å². The van der Waals surface area contributed by atoms with Crippen LogP contribution >= 0.6 is 0 Å². The van der Waals surface area contributed by atoms with E-state index in [0.29, 0.717) is 0 Å². The summed E-state index contributed by atoms with van der Waals surface area (Å²) >= 11 is 0. The van der Waals surface area contributed by atoms with Gasteiger partial charge in [-0.3, -0.25) is 4.99 Å². The zero-order chi connectivity index (χ0) is 15.3. The van der Waals surface area contributed by atoms with E-state index in [1.54, 1.807) is 0 Å². The van der Waals surface area contributed by atoms with E-state index in [-0.39, 0.29) is 6.23 Å². The van der Waals surface area contributed by atoms with E-state index in [1.165, 1.54) is 64.2 Å². The summed E-state index contributed by atoms with van der Waals surface area (Å²) in [4.78, 5) is 6.53. The average molecular weight is 294 g/mol. The lowest BCUT2D eigenvalue weighted by atomic mass is 10.1. The Hall–Kier alpha value is -0.830. The molecule has 21 heavy (non-hydrogen) atoms. The van der Waals surface area contributed by atoms with E-state index >= 15 is 0 Å². The topological polar surface area (TPSA) is 35.8 Å². The number of hydrogen-bond acceptors (Lipinski definition) is 3. The Bertz CT molecular complexity index is 300. The van der Waals surface area contributed by atoms with Crippen molar-refractivity contribution in [1.29, 1.82) is 0 Å². The second kappa shape index (κ2) is 11.8. The minimum Gasteiger partial charge on any atom is -0.374 e. The molecule has 1 aliphatic rings.